The molecule has 0 bridgehead atoms. The van der Waals surface area contributed by atoms with Crippen molar-refractivity contribution in [1.82, 2.24) is 0 Å². The molecule has 0 unspecified atom stereocenters. The predicted octanol–water partition coefficient (Wildman–Crippen LogP) is 2.51. The first-order chi connectivity index (χ1) is 14.1. The lowest BCUT2D eigenvalue weighted by Gasteiger charge is -2.19. The second kappa shape index (κ2) is 5.90. The van der Waals surface area contributed by atoms with Gasteiger partial charge in [0.1, 0.15) is 39.2 Å². The normalized spacial score (nSPS) is 22.2. The Kier molecular flexibility index (Phi) is 3.69. The van der Waals surface area contributed by atoms with Gasteiger partial charge in [-0.3, -0.25) is 4.79 Å². The lowest BCUT2D eigenvalue weighted by Crippen LogP contribution is -2.33. The minimum Gasteiger partial charge on any atom is -0.507 e. The summed E-state index contributed by atoms with van der Waals surface area (Å²) in [7, 11) is 0. The molecule has 0 saturated heterocycles. The van der Waals surface area contributed by atoms with E-state index in [0.717, 1.165) is 0 Å². The van der Waals surface area contributed by atoms with Crippen molar-refractivity contribution in [2.45, 2.75) is 44.2 Å². The number of phenolic OH excluding ortho intramolecular Hbond substituents is 2. The highest BCUT2D eigenvalue weighted by Crippen LogP contribution is 2.52. The van der Waals surface area contributed by atoms with Gasteiger partial charge in [-0.2, -0.15) is 0 Å². The fourth-order valence-electron chi connectivity index (χ4n) is 4.06. The first kappa shape index (κ1) is 18.8. The molecule has 4 N–H and O–H groups in total. The summed E-state index contributed by atoms with van der Waals surface area (Å²) in [4.78, 5) is 13.3. The van der Waals surface area contributed by atoms with Gasteiger partial charge < -0.3 is 34.3 Å². The van der Waals surface area contributed by atoms with Gasteiger partial charge in [-0.1, -0.05) is 6.07 Å². The van der Waals surface area contributed by atoms with Gasteiger partial charge in [-0.05, 0) is 44.4 Å². The fraction of sp³-hybridized carbons (Fsp3) is 0.318. The van der Waals surface area contributed by atoms with Gasteiger partial charge in [0.05, 0.1) is 17.4 Å². The Balaban J connectivity index is 1.80. The Morgan fingerprint density at radius 2 is 1.97 bits per heavy atom. The summed E-state index contributed by atoms with van der Waals surface area (Å²) >= 11 is 0. The van der Waals surface area contributed by atoms with E-state index in [2.05, 4.69) is 0 Å². The summed E-state index contributed by atoms with van der Waals surface area (Å²) in [5, 5.41) is 41.9. The minimum atomic E-state index is -1.73. The molecule has 0 aliphatic carbocycles. The third-order valence-corrected chi connectivity index (χ3v) is 5.64. The van der Waals surface area contributed by atoms with Crippen LogP contribution in [0.4, 0.5) is 0 Å². The summed E-state index contributed by atoms with van der Waals surface area (Å²) in [5.74, 6) is -0.637. The van der Waals surface area contributed by atoms with E-state index in [-0.39, 0.29) is 39.0 Å². The number of ether oxygens (including phenoxy) is 2. The van der Waals surface area contributed by atoms with Gasteiger partial charge >= 0.3 is 0 Å². The van der Waals surface area contributed by atoms with Crippen LogP contribution in [0.15, 0.2) is 39.7 Å². The molecule has 0 amide bonds. The van der Waals surface area contributed by atoms with Crippen molar-refractivity contribution in [2.24, 2.45) is 0 Å². The molecule has 8 heteroatoms. The maximum atomic E-state index is 13.3. The average molecular weight is 412 g/mol. The van der Waals surface area contributed by atoms with Crippen LogP contribution in [-0.2, 0) is 16.8 Å². The number of phenols is 2. The number of aryl methyl sites for hydroxylation is 1. The molecule has 2 atom stereocenters. The van der Waals surface area contributed by atoms with Crippen molar-refractivity contribution >= 4 is 21.9 Å². The van der Waals surface area contributed by atoms with Gasteiger partial charge in [0.15, 0.2) is 5.60 Å². The zero-order valence-corrected chi connectivity index (χ0v) is 16.3. The van der Waals surface area contributed by atoms with E-state index in [1.54, 1.807) is 19.9 Å². The predicted molar refractivity (Wildman–Crippen MR) is 106 cm³/mol. The summed E-state index contributed by atoms with van der Waals surface area (Å²) in [5.41, 5.74) is -2.43. The zero-order valence-electron chi connectivity index (χ0n) is 16.3. The van der Waals surface area contributed by atoms with Crippen molar-refractivity contribution in [1.29, 1.82) is 0 Å². The highest BCUT2D eigenvalue weighted by Gasteiger charge is 2.53. The molecule has 5 rings (SSSR count). The van der Waals surface area contributed by atoms with Crippen LogP contribution in [0.3, 0.4) is 0 Å². The van der Waals surface area contributed by atoms with Crippen molar-refractivity contribution in [3.8, 4) is 17.2 Å². The Morgan fingerprint density at radius 3 is 2.70 bits per heavy atom. The Hall–Kier alpha value is -3.23. The smallest absolute Gasteiger partial charge is 0.277 e. The Morgan fingerprint density at radius 1 is 1.20 bits per heavy atom. The molecule has 0 fully saturated rings. The largest absolute Gasteiger partial charge is 0.507 e. The topological polar surface area (TPSA) is 130 Å². The van der Waals surface area contributed by atoms with Crippen molar-refractivity contribution in [2.75, 3.05) is 0 Å². The number of hydrogen-bond donors (Lipinski definition) is 4. The third kappa shape index (κ3) is 2.50. The second-order valence-electron chi connectivity index (χ2n) is 8.38. The first-order valence-electron chi connectivity index (χ1n) is 9.52. The first-order valence-corrected chi connectivity index (χ1v) is 9.52. The molecule has 0 spiro atoms. The molecule has 2 aliphatic rings. The van der Waals surface area contributed by atoms with Crippen molar-refractivity contribution in [3.05, 3.63) is 51.9 Å². The number of aliphatic hydroxyl groups is 2. The maximum Gasteiger partial charge on any atom is 0.277 e. The zero-order chi connectivity index (χ0) is 21.4. The molecular weight excluding hydrogens is 392 g/mol. The lowest BCUT2D eigenvalue weighted by atomic mass is 9.92. The molecule has 156 valence electrons. The van der Waals surface area contributed by atoms with E-state index in [4.69, 9.17) is 13.9 Å². The van der Waals surface area contributed by atoms with E-state index in [0.29, 0.717) is 18.4 Å². The molecule has 0 saturated carbocycles. The van der Waals surface area contributed by atoms with Crippen LogP contribution in [0.5, 0.6) is 17.2 Å². The number of fused-ring (bicyclic) bond motifs is 5. The average Bonchev–Trinajstić information content (AvgIpc) is 3.13. The molecule has 2 aromatic carbocycles. The van der Waals surface area contributed by atoms with Crippen LogP contribution in [0.1, 0.15) is 31.4 Å². The van der Waals surface area contributed by atoms with E-state index >= 15 is 0 Å². The highest BCUT2D eigenvalue weighted by molar-refractivity contribution is 5.98. The van der Waals surface area contributed by atoms with E-state index < -0.39 is 28.7 Å². The minimum absolute atomic E-state index is 0.0121. The molecule has 3 heterocycles. The van der Waals surface area contributed by atoms with Crippen LogP contribution in [0.25, 0.3) is 21.9 Å². The monoisotopic (exact) mass is 412 g/mol. The van der Waals surface area contributed by atoms with Crippen molar-refractivity contribution < 1.29 is 34.3 Å². The van der Waals surface area contributed by atoms with Crippen LogP contribution in [-0.4, -0.2) is 32.3 Å². The molecule has 30 heavy (non-hydrogen) atoms. The molecule has 3 aromatic rings. The van der Waals surface area contributed by atoms with Crippen LogP contribution >= 0.6 is 0 Å². The highest BCUT2D eigenvalue weighted by atomic mass is 16.7. The summed E-state index contributed by atoms with van der Waals surface area (Å²) in [6, 6.07) is 4.44. The van der Waals surface area contributed by atoms with Crippen molar-refractivity contribution in [3.63, 3.8) is 0 Å². The lowest BCUT2D eigenvalue weighted by molar-refractivity contribution is -0.110. The fourth-order valence-corrected chi connectivity index (χ4v) is 4.06. The summed E-state index contributed by atoms with van der Waals surface area (Å²) < 4.78 is 16.7. The van der Waals surface area contributed by atoms with E-state index in [9.17, 15) is 25.2 Å². The molecule has 1 aromatic heterocycles. The Labute approximate surface area is 170 Å². The molecule has 0 radical (unpaired) electrons. The van der Waals surface area contributed by atoms with Crippen LogP contribution in [0.2, 0.25) is 0 Å². The molecular formula is C22H20O8. The van der Waals surface area contributed by atoms with E-state index in [1.165, 1.54) is 24.5 Å². The summed E-state index contributed by atoms with van der Waals surface area (Å²) in [6.07, 6.45) is 2.34. The third-order valence-electron chi connectivity index (χ3n) is 5.64. The van der Waals surface area contributed by atoms with Crippen LogP contribution < -0.4 is 10.2 Å². The van der Waals surface area contributed by atoms with Gasteiger partial charge in [-0.15, -0.1) is 0 Å². The number of benzene rings is 2. The van der Waals surface area contributed by atoms with E-state index in [1.807, 2.05) is 0 Å². The van der Waals surface area contributed by atoms with Gasteiger partial charge in [0.25, 0.3) is 6.29 Å². The SMILES string of the molecule is CC(C)(O)CCc1ccc(O)c2c(=O)c3c(O)c4c(cc3oc12)O[C@H]1OC=C[C@]41O. The van der Waals surface area contributed by atoms with Gasteiger partial charge in [0.2, 0.25) is 5.43 Å². The quantitative estimate of drug-likeness (QED) is 0.483. The maximum absolute atomic E-state index is 13.3. The van der Waals surface area contributed by atoms with Crippen LogP contribution in [0, 0.1) is 0 Å². The van der Waals surface area contributed by atoms with Gasteiger partial charge in [0, 0.05) is 6.07 Å². The van der Waals surface area contributed by atoms with Gasteiger partial charge in [-0.25, -0.2) is 0 Å². The number of aromatic hydroxyl groups is 2. The molecule has 8 nitrogen and oxygen atoms in total. The number of hydrogen-bond acceptors (Lipinski definition) is 8. The number of rotatable bonds is 3. The Bertz CT molecular complexity index is 1300. The standard InChI is InChI=1S/C22H20O8/c1-21(2,26)6-5-10-3-4-11(23)14-17(24)15-12(29-19(10)14)9-13-16(18(15)25)22(27)7-8-28-20(22)30-13/h3-4,7-9,20,23,25-27H,5-6H2,1-2H3/t20-,22+/m1/s1. The second-order valence-corrected chi connectivity index (χ2v) is 8.38. The molecule has 2 aliphatic heterocycles. The summed E-state index contributed by atoms with van der Waals surface area (Å²) in [6.45, 7) is 3.36.